The third-order valence-electron chi connectivity index (χ3n) is 15.8. The SMILES string of the molecule is CNc1ccn(-c2ccnc3c2cc([C@H](C)N2CC=C(c4c(C)cc(C(=O)N5CCC(CN6CCN(Cc7ccc8c(c7)n(C)c(=O)n8[C@H]7CCC(=O)NC7=O)C[C@@H]6C)CC5)cc4F)CC2)n3C)c(=O)c1. The minimum atomic E-state index is -0.707. The molecule has 0 spiro atoms. The molecule has 17 heteroatoms. The topological polar surface area (TPSA) is 155 Å². The van der Waals surface area contributed by atoms with E-state index in [0.717, 1.165) is 102 Å². The third-order valence-corrected chi connectivity index (χ3v) is 15.8. The van der Waals surface area contributed by atoms with E-state index in [4.69, 9.17) is 0 Å². The summed E-state index contributed by atoms with van der Waals surface area (Å²) in [5.74, 6) is -0.751. The van der Waals surface area contributed by atoms with Crippen molar-refractivity contribution in [1.29, 1.82) is 0 Å². The number of pyridine rings is 2. The van der Waals surface area contributed by atoms with Gasteiger partial charge < -0.3 is 14.8 Å². The zero-order chi connectivity index (χ0) is 49.8. The number of rotatable bonds is 11. The maximum Gasteiger partial charge on any atom is 0.329 e. The van der Waals surface area contributed by atoms with Gasteiger partial charge in [0.1, 0.15) is 17.5 Å². The lowest BCUT2D eigenvalue weighted by Crippen LogP contribution is -2.53. The van der Waals surface area contributed by atoms with Crippen LogP contribution in [0.5, 0.6) is 0 Å². The molecule has 4 aliphatic heterocycles. The lowest BCUT2D eigenvalue weighted by Gasteiger charge is -2.42. The van der Waals surface area contributed by atoms with Gasteiger partial charge in [0.15, 0.2) is 0 Å². The van der Waals surface area contributed by atoms with Crippen molar-refractivity contribution in [1.82, 2.24) is 48.2 Å². The summed E-state index contributed by atoms with van der Waals surface area (Å²) in [7, 11) is 5.52. The highest BCUT2D eigenvalue weighted by Crippen LogP contribution is 2.35. The average molecular weight is 966 g/mol. The second-order valence-electron chi connectivity index (χ2n) is 20.2. The van der Waals surface area contributed by atoms with Gasteiger partial charge in [0.25, 0.3) is 11.5 Å². The number of imidazole rings is 1. The fraction of sp³-hybridized carbons (Fsp3) is 0.444. The first kappa shape index (κ1) is 48.0. The molecule has 3 fully saturated rings. The smallest absolute Gasteiger partial charge is 0.329 e. The Labute approximate surface area is 412 Å². The van der Waals surface area contributed by atoms with Crippen molar-refractivity contribution in [2.24, 2.45) is 20.0 Å². The molecule has 3 atom stereocenters. The highest BCUT2D eigenvalue weighted by atomic mass is 19.1. The number of aryl methyl sites for hydroxylation is 3. The average Bonchev–Trinajstić information content (AvgIpc) is 3.83. The molecule has 372 valence electrons. The monoisotopic (exact) mass is 966 g/mol. The van der Waals surface area contributed by atoms with E-state index >= 15 is 4.39 Å². The molecule has 0 aliphatic carbocycles. The Morgan fingerprint density at radius 3 is 2.42 bits per heavy atom. The summed E-state index contributed by atoms with van der Waals surface area (Å²) in [6.07, 6.45) is 8.61. The van der Waals surface area contributed by atoms with Crippen LogP contribution in [-0.2, 0) is 30.2 Å². The van der Waals surface area contributed by atoms with Crippen molar-refractivity contribution in [3.63, 3.8) is 0 Å². The predicted octanol–water partition coefficient (Wildman–Crippen LogP) is 5.75. The number of aromatic nitrogens is 5. The molecule has 16 nitrogen and oxygen atoms in total. The molecule has 2 aromatic carbocycles. The van der Waals surface area contributed by atoms with E-state index < -0.39 is 11.9 Å². The Bertz CT molecular complexity index is 3210. The fourth-order valence-corrected chi connectivity index (χ4v) is 11.7. The van der Waals surface area contributed by atoms with Crippen LogP contribution in [0.4, 0.5) is 10.1 Å². The molecule has 0 saturated carbocycles. The van der Waals surface area contributed by atoms with Crippen LogP contribution in [0.1, 0.15) is 90.8 Å². The van der Waals surface area contributed by atoms with Gasteiger partial charge >= 0.3 is 5.69 Å². The molecular weight excluding hydrogens is 902 g/mol. The number of likely N-dealkylation sites (tertiary alicyclic amines) is 1. The van der Waals surface area contributed by atoms with Crippen molar-refractivity contribution in [2.45, 2.75) is 77.5 Å². The van der Waals surface area contributed by atoms with Crippen LogP contribution in [0, 0.1) is 18.7 Å². The number of imide groups is 1. The number of hydrogen-bond acceptors (Lipinski definition) is 10. The maximum atomic E-state index is 16.1. The number of nitrogens with zero attached hydrogens (tertiary/aromatic N) is 9. The van der Waals surface area contributed by atoms with Gasteiger partial charge in [-0.2, -0.15) is 0 Å². The molecule has 3 amide bonds. The summed E-state index contributed by atoms with van der Waals surface area (Å²) in [5.41, 5.74) is 8.26. The Morgan fingerprint density at radius 2 is 1.72 bits per heavy atom. The molecule has 0 bridgehead atoms. The lowest BCUT2D eigenvalue weighted by molar-refractivity contribution is -0.135. The van der Waals surface area contributed by atoms with E-state index in [-0.39, 0.29) is 41.3 Å². The zero-order valence-corrected chi connectivity index (χ0v) is 41.6. The number of hydrogen-bond donors (Lipinski definition) is 2. The van der Waals surface area contributed by atoms with Gasteiger partial charge in [0, 0.05) is 145 Å². The Kier molecular flexibility index (Phi) is 13.2. The number of piperazine rings is 1. The Balaban J connectivity index is 0.719. The number of benzene rings is 2. The van der Waals surface area contributed by atoms with E-state index in [1.165, 1.54) is 10.6 Å². The summed E-state index contributed by atoms with van der Waals surface area (Å²) in [5, 5.41) is 6.29. The minimum Gasteiger partial charge on any atom is -0.388 e. The van der Waals surface area contributed by atoms with E-state index in [0.29, 0.717) is 61.1 Å². The van der Waals surface area contributed by atoms with Crippen LogP contribution in [0.15, 0.2) is 82.7 Å². The molecule has 3 saturated heterocycles. The van der Waals surface area contributed by atoms with Crippen molar-refractivity contribution in [3.8, 4) is 5.69 Å². The second kappa shape index (κ2) is 19.5. The number of halogens is 1. The van der Waals surface area contributed by atoms with Crippen LogP contribution in [0.25, 0.3) is 33.3 Å². The second-order valence-corrected chi connectivity index (χ2v) is 20.2. The van der Waals surface area contributed by atoms with Gasteiger partial charge in [-0.1, -0.05) is 12.1 Å². The van der Waals surface area contributed by atoms with Crippen LogP contribution in [0.3, 0.4) is 0 Å². The molecule has 71 heavy (non-hydrogen) atoms. The number of piperidine rings is 2. The number of fused-ring (bicyclic) bond motifs is 2. The number of carbonyl (C=O) groups is 3. The molecule has 10 rings (SSSR count). The normalized spacial score (nSPS) is 20.4. The molecule has 2 N–H and O–H groups in total. The Morgan fingerprint density at radius 1 is 0.915 bits per heavy atom. The number of amides is 3. The fourth-order valence-electron chi connectivity index (χ4n) is 11.7. The molecule has 8 heterocycles. The van der Waals surface area contributed by atoms with E-state index in [2.05, 4.69) is 60.9 Å². The van der Waals surface area contributed by atoms with Crippen molar-refractivity contribution >= 4 is 51.0 Å². The first-order valence-electron chi connectivity index (χ1n) is 25.0. The minimum absolute atomic E-state index is 0.0300. The van der Waals surface area contributed by atoms with Gasteiger partial charge in [0.2, 0.25) is 11.8 Å². The molecular formula is C54H64FN11O5. The molecule has 4 aliphatic rings. The van der Waals surface area contributed by atoms with Crippen LogP contribution < -0.4 is 21.9 Å². The van der Waals surface area contributed by atoms with Crippen molar-refractivity contribution in [3.05, 3.63) is 128 Å². The third kappa shape index (κ3) is 9.15. The first-order valence-corrected chi connectivity index (χ1v) is 25.0. The van der Waals surface area contributed by atoms with Gasteiger partial charge in [-0.25, -0.2) is 14.2 Å². The van der Waals surface area contributed by atoms with Crippen molar-refractivity contribution < 1.29 is 18.8 Å². The summed E-state index contributed by atoms with van der Waals surface area (Å²) in [6, 6.07) is 16.4. The summed E-state index contributed by atoms with van der Waals surface area (Å²) >= 11 is 0. The summed E-state index contributed by atoms with van der Waals surface area (Å²) in [6.45, 7) is 13.5. The maximum absolute atomic E-state index is 16.1. The highest BCUT2D eigenvalue weighted by Gasteiger charge is 2.33. The largest absolute Gasteiger partial charge is 0.388 e. The predicted molar refractivity (Wildman–Crippen MR) is 273 cm³/mol. The first-order chi connectivity index (χ1) is 34.2. The van der Waals surface area contributed by atoms with Gasteiger partial charge in [-0.15, -0.1) is 0 Å². The molecule has 6 aromatic rings. The van der Waals surface area contributed by atoms with E-state index in [1.807, 2.05) is 55.3 Å². The van der Waals surface area contributed by atoms with Crippen molar-refractivity contribution in [2.75, 3.05) is 64.7 Å². The standard InChI is InChI=1S/C54H64FN11O5/c1-33-25-39(27-42(55)50(33)38-14-20-62(21-15-38)35(3)46-29-41-43(11-17-57-51(41)59(46)5)65-22-16-40(56-4)28-49(65)68)53(70)63-18-12-36(13-19-63)32-64-24-23-61(30-34(64)2)31-37-7-8-44-47(26-37)60(6)54(71)66(44)45-9-10-48(67)58-52(45)69/h7-8,11,14,16-17,22,25-29,34-36,45,56H,9-10,12-13,15,18-21,23-24,30-32H2,1-6H3,(H,58,67,69)/t34-,35-,45-/m0/s1. The number of carbonyl (C=O) groups excluding carboxylic acids is 3. The van der Waals surface area contributed by atoms with Gasteiger partial charge in [0.05, 0.1) is 16.7 Å². The van der Waals surface area contributed by atoms with Gasteiger partial charge in [-0.3, -0.25) is 52.9 Å². The van der Waals surface area contributed by atoms with E-state index in [9.17, 15) is 24.0 Å². The zero-order valence-electron chi connectivity index (χ0n) is 41.6. The van der Waals surface area contributed by atoms with Crippen LogP contribution in [-0.4, -0.2) is 126 Å². The van der Waals surface area contributed by atoms with Crippen LogP contribution in [0.2, 0.25) is 0 Å². The number of anilines is 1. The van der Waals surface area contributed by atoms with E-state index in [1.54, 1.807) is 41.7 Å². The van der Waals surface area contributed by atoms with Crippen LogP contribution >= 0.6 is 0 Å². The van der Waals surface area contributed by atoms with Gasteiger partial charge in [-0.05, 0) is 112 Å². The molecule has 4 aromatic heterocycles. The number of nitrogens with one attached hydrogen (secondary N) is 2. The molecule has 0 radical (unpaired) electrons. The highest BCUT2D eigenvalue weighted by molar-refractivity contribution is 6.00. The summed E-state index contributed by atoms with van der Waals surface area (Å²) < 4.78 is 23.0. The summed E-state index contributed by atoms with van der Waals surface area (Å²) in [4.78, 5) is 78.5. The Hall–Kier alpha value is -6.69. The molecule has 0 unspecified atom stereocenters. The quantitative estimate of drug-likeness (QED) is 0.154. The lowest BCUT2D eigenvalue weighted by atomic mass is 9.92.